The van der Waals surface area contributed by atoms with E-state index in [9.17, 15) is 19.7 Å². The number of amides is 1. The van der Waals surface area contributed by atoms with Crippen LogP contribution in [0.25, 0.3) is 0 Å². The van der Waals surface area contributed by atoms with Crippen molar-refractivity contribution in [3.63, 3.8) is 0 Å². The fraction of sp³-hybridized carbons (Fsp3) is 0.500. The second kappa shape index (κ2) is 7.39. The van der Waals surface area contributed by atoms with E-state index in [2.05, 4.69) is 5.32 Å². The number of carbonyl (C=O) groups is 2. The summed E-state index contributed by atoms with van der Waals surface area (Å²) >= 11 is 0. The molecule has 1 aliphatic rings. The molecule has 1 amide bonds. The molecule has 1 saturated carbocycles. The topological polar surface area (TPSA) is 113 Å². The number of nitrogens with one attached hydrogen (secondary N) is 1. The lowest BCUT2D eigenvalue weighted by Crippen LogP contribution is -2.54. The molecule has 1 aliphatic carbocycles. The summed E-state index contributed by atoms with van der Waals surface area (Å²) in [5, 5.41) is 22.7. The smallest absolute Gasteiger partial charge is 0.317 e. The summed E-state index contributed by atoms with van der Waals surface area (Å²) < 4.78 is 0. The molecule has 2 N–H and O–H groups in total. The number of hydrogen-bond acceptors (Lipinski definition) is 5. The quantitative estimate of drug-likeness (QED) is 0.578. The summed E-state index contributed by atoms with van der Waals surface area (Å²) in [4.78, 5) is 35.5. The molecule has 130 valence electrons. The third-order valence-corrected chi connectivity index (χ3v) is 4.30. The molecule has 0 spiro atoms. The maximum absolute atomic E-state index is 12.3. The average Bonchev–Trinajstić information content (AvgIpc) is 2.47. The van der Waals surface area contributed by atoms with E-state index in [1.54, 1.807) is 13.0 Å². The van der Waals surface area contributed by atoms with Crippen LogP contribution in [0.1, 0.15) is 35.7 Å². The van der Waals surface area contributed by atoms with Crippen LogP contribution in [0.2, 0.25) is 0 Å². The summed E-state index contributed by atoms with van der Waals surface area (Å²) in [5.74, 6) is -1.34. The highest BCUT2D eigenvalue weighted by Crippen LogP contribution is 2.27. The Morgan fingerprint density at radius 3 is 2.62 bits per heavy atom. The van der Waals surface area contributed by atoms with Gasteiger partial charge in [0.2, 0.25) is 0 Å². The molecule has 0 aromatic heterocycles. The van der Waals surface area contributed by atoms with E-state index in [0.29, 0.717) is 19.4 Å². The van der Waals surface area contributed by atoms with Crippen LogP contribution in [0.5, 0.6) is 0 Å². The zero-order valence-corrected chi connectivity index (χ0v) is 13.7. The van der Waals surface area contributed by atoms with Gasteiger partial charge < -0.3 is 10.4 Å². The van der Waals surface area contributed by atoms with Crippen molar-refractivity contribution in [1.82, 2.24) is 10.2 Å². The number of carboxylic acid groups (broad SMARTS) is 1. The molecule has 1 aromatic rings. The zero-order valence-electron chi connectivity index (χ0n) is 13.7. The first-order chi connectivity index (χ1) is 11.3. The van der Waals surface area contributed by atoms with Crippen LogP contribution in [0.3, 0.4) is 0 Å². The first-order valence-corrected chi connectivity index (χ1v) is 7.83. The lowest BCUT2D eigenvalue weighted by atomic mass is 9.85. The Morgan fingerprint density at radius 2 is 2.08 bits per heavy atom. The Kier molecular flexibility index (Phi) is 5.50. The Morgan fingerprint density at radius 1 is 1.42 bits per heavy atom. The number of carbonyl (C=O) groups excluding carboxylic acids is 1. The number of rotatable bonds is 7. The van der Waals surface area contributed by atoms with Gasteiger partial charge in [0.15, 0.2) is 0 Å². The van der Waals surface area contributed by atoms with Crippen molar-refractivity contribution in [2.24, 2.45) is 0 Å². The number of nitrogens with zero attached hydrogens (tertiary/aromatic N) is 2. The highest BCUT2D eigenvalue weighted by molar-refractivity contribution is 5.98. The second-order valence-electron chi connectivity index (χ2n) is 6.03. The van der Waals surface area contributed by atoms with Crippen molar-refractivity contribution in [2.45, 2.75) is 38.8 Å². The molecule has 2 rings (SSSR count). The fourth-order valence-electron chi connectivity index (χ4n) is 2.93. The van der Waals surface area contributed by atoms with Crippen LogP contribution in [0, 0.1) is 17.0 Å². The Labute approximate surface area is 139 Å². The Hall–Kier alpha value is -2.48. The van der Waals surface area contributed by atoms with Crippen LogP contribution < -0.4 is 5.32 Å². The number of hydrogen-bond donors (Lipinski definition) is 2. The van der Waals surface area contributed by atoms with E-state index in [1.807, 2.05) is 11.8 Å². The van der Waals surface area contributed by atoms with Gasteiger partial charge in [-0.25, -0.2) is 0 Å². The van der Waals surface area contributed by atoms with Crippen molar-refractivity contribution in [3.05, 3.63) is 39.4 Å². The summed E-state index contributed by atoms with van der Waals surface area (Å²) in [6.07, 6.45) is 1.29. The molecule has 0 unspecified atom stereocenters. The van der Waals surface area contributed by atoms with Crippen LogP contribution in [-0.4, -0.2) is 52.0 Å². The molecular formula is C16H21N3O5. The second-order valence-corrected chi connectivity index (χ2v) is 6.03. The zero-order chi connectivity index (χ0) is 17.9. The van der Waals surface area contributed by atoms with Gasteiger partial charge in [0.05, 0.1) is 11.5 Å². The van der Waals surface area contributed by atoms with Crippen LogP contribution in [-0.2, 0) is 4.79 Å². The van der Waals surface area contributed by atoms with Gasteiger partial charge >= 0.3 is 5.97 Å². The molecule has 0 radical (unpaired) electrons. The third kappa shape index (κ3) is 4.08. The van der Waals surface area contributed by atoms with Crippen molar-refractivity contribution < 1.29 is 19.6 Å². The maximum Gasteiger partial charge on any atom is 0.317 e. The molecule has 8 heteroatoms. The van der Waals surface area contributed by atoms with Crippen molar-refractivity contribution >= 4 is 17.6 Å². The van der Waals surface area contributed by atoms with Gasteiger partial charge in [-0.2, -0.15) is 0 Å². The molecule has 0 bridgehead atoms. The van der Waals surface area contributed by atoms with E-state index < -0.39 is 16.8 Å². The van der Waals surface area contributed by atoms with Gasteiger partial charge in [-0.05, 0) is 37.9 Å². The molecular weight excluding hydrogens is 314 g/mol. The number of carboxylic acids is 1. The van der Waals surface area contributed by atoms with Crippen LogP contribution in [0.4, 0.5) is 5.69 Å². The number of nitro benzene ring substituents is 1. The lowest BCUT2D eigenvalue weighted by molar-refractivity contribution is -0.385. The lowest BCUT2D eigenvalue weighted by Gasteiger charge is -2.42. The monoisotopic (exact) mass is 335 g/mol. The van der Waals surface area contributed by atoms with Crippen LogP contribution in [0.15, 0.2) is 18.2 Å². The molecule has 1 aromatic carbocycles. The minimum absolute atomic E-state index is 0.0226. The predicted molar refractivity (Wildman–Crippen MR) is 87.0 cm³/mol. The molecule has 0 atom stereocenters. The number of nitro groups is 1. The van der Waals surface area contributed by atoms with E-state index in [1.165, 1.54) is 12.1 Å². The number of aryl methyl sites for hydroxylation is 1. The molecule has 8 nitrogen and oxygen atoms in total. The average molecular weight is 335 g/mol. The van der Waals surface area contributed by atoms with Gasteiger partial charge in [0.25, 0.3) is 11.6 Å². The number of benzene rings is 1. The van der Waals surface area contributed by atoms with Crippen molar-refractivity contribution in [2.75, 3.05) is 13.1 Å². The van der Waals surface area contributed by atoms with Gasteiger partial charge in [-0.15, -0.1) is 0 Å². The van der Waals surface area contributed by atoms with E-state index >= 15 is 0 Å². The van der Waals surface area contributed by atoms with Gasteiger partial charge in [-0.1, -0.05) is 13.0 Å². The van der Waals surface area contributed by atoms with E-state index in [0.717, 1.165) is 5.56 Å². The predicted octanol–water partition coefficient (Wildman–Crippen LogP) is 1.57. The Balaban J connectivity index is 1.97. The van der Waals surface area contributed by atoms with Gasteiger partial charge in [0.1, 0.15) is 5.56 Å². The highest BCUT2D eigenvalue weighted by atomic mass is 16.6. The SMILES string of the molecule is CCN(CC(=O)O)C1CC(NC(=O)c2cc(C)ccc2[N+](=O)[O-])C1. The largest absolute Gasteiger partial charge is 0.480 e. The highest BCUT2D eigenvalue weighted by Gasteiger charge is 2.35. The molecule has 0 aliphatic heterocycles. The summed E-state index contributed by atoms with van der Waals surface area (Å²) in [6, 6.07) is 4.46. The fourth-order valence-corrected chi connectivity index (χ4v) is 2.93. The normalized spacial score (nSPS) is 19.6. The summed E-state index contributed by atoms with van der Waals surface area (Å²) in [6.45, 7) is 4.27. The Bertz CT molecular complexity index is 655. The van der Waals surface area contributed by atoms with Gasteiger partial charge in [0, 0.05) is 18.2 Å². The summed E-state index contributed by atoms with van der Waals surface area (Å²) in [7, 11) is 0. The summed E-state index contributed by atoms with van der Waals surface area (Å²) in [5.41, 5.74) is 0.618. The number of aliphatic carboxylic acids is 1. The standard InChI is InChI=1S/C16H21N3O5/c1-3-18(9-15(20)21)12-7-11(8-12)17-16(22)13-6-10(2)4-5-14(13)19(23)24/h4-6,11-12H,3,7-9H2,1-2H3,(H,17,22)(H,20,21). The van der Waals surface area contributed by atoms with Gasteiger partial charge in [-0.3, -0.25) is 24.6 Å². The maximum atomic E-state index is 12.3. The number of likely N-dealkylation sites (N-methyl/N-ethyl adjacent to an activating group) is 1. The third-order valence-electron chi connectivity index (χ3n) is 4.30. The van der Waals surface area contributed by atoms with E-state index in [4.69, 9.17) is 5.11 Å². The molecule has 0 heterocycles. The first kappa shape index (κ1) is 17.9. The van der Waals surface area contributed by atoms with Crippen molar-refractivity contribution in [1.29, 1.82) is 0 Å². The minimum atomic E-state index is -0.875. The molecule has 1 fully saturated rings. The minimum Gasteiger partial charge on any atom is -0.480 e. The molecule has 0 saturated heterocycles. The molecule has 24 heavy (non-hydrogen) atoms. The van der Waals surface area contributed by atoms with Crippen molar-refractivity contribution in [3.8, 4) is 0 Å². The first-order valence-electron chi connectivity index (χ1n) is 7.83. The van der Waals surface area contributed by atoms with E-state index in [-0.39, 0.29) is 29.9 Å². The van der Waals surface area contributed by atoms with Crippen LogP contribution >= 0.6 is 0 Å².